The number of carbonyl (C=O) groups excluding carboxylic acids is 2. The van der Waals surface area contributed by atoms with Gasteiger partial charge in [0.1, 0.15) is 12.4 Å². The monoisotopic (exact) mass is 463 g/mol. The molecule has 0 radical (unpaired) electrons. The SMILES string of the molecule is C=CCOc1ccc(C(=O)Nc2ccccc2C(=O)Nc2ccc(Nc3ccccc3)cc2)cc1. The van der Waals surface area contributed by atoms with Gasteiger partial charge in [0.2, 0.25) is 0 Å². The van der Waals surface area contributed by atoms with Gasteiger partial charge < -0.3 is 20.7 Å². The highest BCUT2D eigenvalue weighted by Crippen LogP contribution is 2.22. The van der Waals surface area contributed by atoms with E-state index in [1.54, 1.807) is 54.6 Å². The van der Waals surface area contributed by atoms with Crippen molar-refractivity contribution < 1.29 is 14.3 Å². The molecule has 3 N–H and O–H groups in total. The third-order valence-electron chi connectivity index (χ3n) is 5.11. The highest BCUT2D eigenvalue weighted by molar-refractivity contribution is 6.12. The topological polar surface area (TPSA) is 79.5 Å². The van der Waals surface area contributed by atoms with E-state index in [4.69, 9.17) is 4.74 Å². The van der Waals surface area contributed by atoms with Crippen LogP contribution in [0.25, 0.3) is 0 Å². The van der Waals surface area contributed by atoms with Crippen molar-refractivity contribution in [2.45, 2.75) is 0 Å². The maximum absolute atomic E-state index is 13.0. The van der Waals surface area contributed by atoms with Gasteiger partial charge in [-0.3, -0.25) is 9.59 Å². The molecule has 4 aromatic carbocycles. The standard InChI is InChI=1S/C29H25N3O3/c1-2-20-35-25-18-12-21(13-19-25)28(33)32-27-11-7-6-10-26(27)29(34)31-24-16-14-23(15-17-24)30-22-8-4-3-5-9-22/h2-19,30H,1,20H2,(H,31,34)(H,32,33). The minimum atomic E-state index is -0.322. The second-order valence-electron chi connectivity index (χ2n) is 7.65. The van der Waals surface area contributed by atoms with Gasteiger partial charge in [0, 0.05) is 22.6 Å². The lowest BCUT2D eigenvalue weighted by Gasteiger charge is -2.12. The summed E-state index contributed by atoms with van der Waals surface area (Å²) < 4.78 is 5.45. The Hall–Kier alpha value is -4.84. The van der Waals surface area contributed by atoms with Crippen molar-refractivity contribution in [1.82, 2.24) is 0 Å². The number of nitrogens with one attached hydrogen (secondary N) is 3. The van der Waals surface area contributed by atoms with Gasteiger partial charge in [-0.05, 0) is 72.8 Å². The largest absolute Gasteiger partial charge is 0.490 e. The molecule has 6 heteroatoms. The Morgan fingerprint density at radius 3 is 2.03 bits per heavy atom. The van der Waals surface area contributed by atoms with Crippen LogP contribution in [0.5, 0.6) is 5.75 Å². The maximum atomic E-state index is 13.0. The Kier molecular flexibility index (Phi) is 7.56. The fourth-order valence-corrected chi connectivity index (χ4v) is 3.37. The molecule has 0 saturated heterocycles. The summed E-state index contributed by atoms with van der Waals surface area (Å²) in [6.07, 6.45) is 1.65. The molecule has 0 aromatic heterocycles. The second kappa shape index (κ2) is 11.3. The Morgan fingerprint density at radius 1 is 0.686 bits per heavy atom. The van der Waals surface area contributed by atoms with Gasteiger partial charge in [0.25, 0.3) is 11.8 Å². The first kappa shape index (κ1) is 23.3. The van der Waals surface area contributed by atoms with Crippen molar-refractivity contribution in [3.05, 3.63) is 127 Å². The molecule has 0 unspecified atom stereocenters. The van der Waals surface area contributed by atoms with E-state index in [9.17, 15) is 9.59 Å². The third-order valence-corrected chi connectivity index (χ3v) is 5.11. The van der Waals surface area contributed by atoms with Gasteiger partial charge in [-0.1, -0.05) is 43.0 Å². The summed E-state index contributed by atoms with van der Waals surface area (Å²) in [6, 6.07) is 30.9. The van der Waals surface area contributed by atoms with Gasteiger partial charge in [0.05, 0.1) is 11.3 Å². The van der Waals surface area contributed by atoms with Crippen LogP contribution in [0.2, 0.25) is 0 Å². The van der Waals surface area contributed by atoms with Crippen LogP contribution >= 0.6 is 0 Å². The normalized spacial score (nSPS) is 10.2. The summed E-state index contributed by atoms with van der Waals surface area (Å²) >= 11 is 0. The quantitative estimate of drug-likeness (QED) is 0.248. The Morgan fingerprint density at radius 2 is 1.31 bits per heavy atom. The van der Waals surface area contributed by atoms with E-state index in [1.807, 2.05) is 54.6 Å². The molecular weight excluding hydrogens is 438 g/mol. The number of amides is 2. The van der Waals surface area contributed by atoms with Crippen LogP contribution in [0.1, 0.15) is 20.7 Å². The van der Waals surface area contributed by atoms with Crippen LogP contribution < -0.4 is 20.7 Å². The van der Waals surface area contributed by atoms with Crippen molar-refractivity contribution in [1.29, 1.82) is 0 Å². The van der Waals surface area contributed by atoms with Crippen LogP contribution in [0.4, 0.5) is 22.7 Å². The molecule has 4 rings (SSSR count). The van der Waals surface area contributed by atoms with E-state index in [-0.39, 0.29) is 11.8 Å². The molecule has 0 aliphatic carbocycles. The number of hydrogen-bond acceptors (Lipinski definition) is 4. The zero-order valence-corrected chi connectivity index (χ0v) is 19.0. The van der Waals surface area contributed by atoms with Crippen LogP contribution in [0.3, 0.4) is 0 Å². The third kappa shape index (κ3) is 6.36. The minimum absolute atomic E-state index is 0.321. The van der Waals surface area contributed by atoms with E-state index in [0.717, 1.165) is 11.4 Å². The average Bonchev–Trinajstić information content (AvgIpc) is 2.90. The van der Waals surface area contributed by atoms with Crippen molar-refractivity contribution >= 4 is 34.6 Å². The predicted octanol–water partition coefficient (Wildman–Crippen LogP) is 6.50. The number of anilines is 4. The van der Waals surface area contributed by atoms with Gasteiger partial charge >= 0.3 is 0 Å². The van der Waals surface area contributed by atoms with Crippen molar-refractivity contribution in [3.63, 3.8) is 0 Å². The molecule has 0 spiro atoms. The number of para-hydroxylation sites is 2. The fourth-order valence-electron chi connectivity index (χ4n) is 3.37. The first-order valence-corrected chi connectivity index (χ1v) is 11.1. The van der Waals surface area contributed by atoms with E-state index < -0.39 is 0 Å². The maximum Gasteiger partial charge on any atom is 0.257 e. The lowest BCUT2D eigenvalue weighted by atomic mass is 10.1. The van der Waals surface area contributed by atoms with E-state index in [0.29, 0.717) is 34.9 Å². The number of ether oxygens (including phenoxy) is 1. The zero-order valence-electron chi connectivity index (χ0n) is 19.0. The Bertz CT molecular complexity index is 1300. The first-order chi connectivity index (χ1) is 17.1. The van der Waals surface area contributed by atoms with Crippen molar-refractivity contribution in [3.8, 4) is 5.75 Å². The van der Waals surface area contributed by atoms with Crippen LogP contribution in [0.15, 0.2) is 116 Å². The molecule has 2 amide bonds. The zero-order chi connectivity index (χ0) is 24.5. The Labute approximate surface area is 204 Å². The fraction of sp³-hybridized carbons (Fsp3) is 0.0345. The highest BCUT2D eigenvalue weighted by Gasteiger charge is 2.14. The second-order valence-corrected chi connectivity index (χ2v) is 7.65. The predicted molar refractivity (Wildman–Crippen MR) is 141 cm³/mol. The number of carbonyl (C=O) groups is 2. The summed E-state index contributed by atoms with van der Waals surface area (Å²) in [4.78, 5) is 25.7. The summed E-state index contributed by atoms with van der Waals surface area (Å²) in [5.41, 5.74) is 3.76. The molecule has 6 nitrogen and oxygen atoms in total. The number of rotatable bonds is 9. The van der Waals surface area contributed by atoms with Crippen LogP contribution in [0, 0.1) is 0 Å². The molecule has 0 saturated carbocycles. The van der Waals surface area contributed by atoms with Gasteiger partial charge in [-0.25, -0.2) is 0 Å². The van der Waals surface area contributed by atoms with Crippen LogP contribution in [-0.4, -0.2) is 18.4 Å². The molecule has 0 aliphatic rings. The molecule has 0 fully saturated rings. The molecule has 4 aromatic rings. The minimum Gasteiger partial charge on any atom is -0.490 e. The average molecular weight is 464 g/mol. The highest BCUT2D eigenvalue weighted by atomic mass is 16.5. The summed E-state index contributed by atoms with van der Waals surface area (Å²) in [7, 11) is 0. The van der Waals surface area contributed by atoms with Crippen LogP contribution in [-0.2, 0) is 0 Å². The van der Waals surface area contributed by atoms with E-state index in [2.05, 4.69) is 22.5 Å². The Balaban J connectivity index is 1.41. The summed E-state index contributed by atoms with van der Waals surface area (Å²) in [6.45, 7) is 4.00. The van der Waals surface area contributed by atoms with Crippen molar-refractivity contribution in [2.75, 3.05) is 22.6 Å². The molecule has 0 aliphatic heterocycles. The smallest absolute Gasteiger partial charge is 0.257 e. The van der Waals surface area contributed by atoms with Crippen molar-refractivity contribution in [2.24, 2.45) is 0 Å². The lowest BCUT2D eigenvalue weighted by Crippen LogP contribution is -2.18. The van der Waals surface area contributed by atoms with E-state index in [1.165, 1.54) is 0 Å². The molecule has 35 heavy (non-hydrogen) atoms. The summed E-state index contributed by atoms with van der Waals surface area (Å²) in [5.74, 6) is 0.000849. The van der Waals surface area contributed by atoms with Gasteiger partial charge in [-0.2, -0.15) is 0 Å². The van der Waals surface area contributed by atoms with E-state index >= 15 is 0 Å². The number of hydrogen-bond donors (Lipinski definition) is 3. The lowest BCUT2D eigenvalue weighted by molar-refractivity contribution is 0.102. The molecule has 0 heterocycles. The van der Waals surface area contributed by atoms with Gasteiger partial charge in [0.15, 0.2) is 0 Å². The molecule has 0 bridgehead atoms. The molecule has 0 atom stereocenters. The molecular formula is C29H25N3O3. The summed E-state index contributed by atoms with van der Waals surface area (Å²) in [5, 5.41) is 9.02. The first-order valence-electron chi connectivity index (χ1n) is 11.1. The molecule has 174 valence electrons. The van der Waals surface area contributed by atoms with Gasteiger partial charge in [-0.15, -0.1) is 0 Å². The number of benzene rings is 4.